The fraction of sp³-hybridized carbons (Fsp3) is 0. The molecule has 0 radical (unpaired) electrons. The lowest BCUT2D eigenvalue weighted by molar-refractivity contribution is 1.51. The fourth-order valence-electron chi connectivity index (χ4n) is 6.65. The summed E-state index contributed by atoms with van der Waals surface area (Å²) in [7, 11) is 0. The average molecular weight is 588 g/mol. The van der Waals surface area contributed by atoms with E-state index < -0.39 is 0 Å². The van der Waals surface area contributed by atoms with Crippen molar-refractivity contribution in [3.05, 3.63) is 169 Å². The molecule has 2 aromatic heterocycles. The number of benzene rings is 8. The van der Waals surface area contributed by atoms with Crippen LogP contribution in [-0.2, 0) is 0 Å². The highest BCUT2D eigenvalue weighted by Gasteiger charge is 2.10. The van der Waals surface area contributed by atoms with Crippen molar-refractivity contribution >= 4 is 75.9 Å². The quantitative estimate of drug-likeness (QED) is 0.170. The minimum Gasteiger partial charge on any atom is -0.355 e. The first-order chi connectivity index (χ1) is 22.8. The van der Waals surface area contributed by atoms with Crippen LogP contribution in [0.5, 0.6) is 0 Å². The van der Waals surface area contributed by atoms with E-state index >= 15 is 0 Å². The van der Waals surface area contributed by atoms with Gasteiger partial charge in [-0.2, -0.15) is 5.26 Å². The van der Waals surface area contributed by atoms with E-state index in [-0.39, 0.29) is 0 Å². The van der Waals surface area contributed by atoms with E-state index in [1.165, 1.54) is 59.8 Å². The Morgan fingerprint density at radius 3 is 0.957 bits per heavy atom. The Morgan fingerprint density at radius 2 is 0.587 bits per heavy atom. The van der Waals surface area contributed by atoms with E-state index in [1.807, 2.05) is 18.2 Å². The van der Waals surface area contributed by atoms with Gasteiger partial charge in [0.25, 0.3) is 0 Å². The minimum absolute atomic E-state index is 0.740. The van der Waals surface area contributed by atoms with Crippen molar-refractivity contribution < 1.29 is 0 Å². The molecular formula is C43H29N3. The predicted molar refractivity (Wildman–Crippen MR) is 195 cm³/mol. The number of H-pyrrole nitrogens is 2. The third kappa shape index (κ3) is 4.70. The summed E-state index contributed by atoms with van der Waals surface area (Å²) in [4.78, 5) is 6.76. The number of rotatable bonds is 0. The van der Waals surface area contributed by atoms with Crippen LogP contribution in [0.3, 0.4) is 0 Å². The summed E-state index contributed by atoms with van der Waals surface area (Å²) >= 11 is 0. The highest BCUT2D eigenvalue weighted by molar-refractivity contribution is 6.26. The molecule has 0 fully saturated rings. The molecular weight excluding hydrogens is 558 g/mol. The molecule has 10 rings (SSSR count). The molecule has 46 heavy (non-hydrogen) atoms. The standard InChI is InChI=1S/C19H11N.2C12H9N/c20-12-13-6-5-11-18-16-8-2-1-7-14(16)15-9-3-4-10-17(15)19(13)18;2*1-3-7-11-9(5-1)10-6-2-4-8-12(10)13-11/h1-11H;2*1-8,13H. The molecule has 0 atom stereocenters. The number of nitriles is 1. The van der Waals surface area contributed by atoms with Gasteiger partial charge in [0.2, 0.25) is 0 Å². The molecule has 10 aromatic rings. The Labute approximate surface area is 266 Å². The SMILES string of the molecule is N#Cc1cccc2c3ccccc3c3ccccc3c12.c1ccc2c(c1)[nH]c1ccccc12.c1ccc2c(c1)[nH]c1ccccc12. The molecule has 0 aliphatic heterocycles. The lowest BCUT2D eigenvalue weighted by Gasteiger charge is -2.10. The van der Waals surface area contributed by atoms with Crippen LogP contribution >= 0.6 is 0 Å². The summed E-state index contributed by atoms with van der Waals surface area (Å²) in [6.07, 6.45) is 0. The maximum absolute atomic E-state index is 9.42. The van der Waals surface area contributed by atoms with E-state index in [1.54, 1.807) is 0 Å². The van der Waals surface area contributed by atoms with Crippen LogP contribution in [0.25, 0.3) is 75.9 Å². The highest BCUT2D eigenvalue weighted by Crippen LogP contribution is 2.36. The van der Waals surface area contributed by atoms with E-state index in [0.717, 1.165) is 21.7 Å². The minimum atomic E-state index is 0.740. The third-order valence-corrected chi connectivity index (χ3v) is 8.72. The summed E-state index contributed by atoms with van der Waals surface area (Å²) in [5.74, 6) is 0. The fourth-order valence-corrected chi connectivity index (χ4v) is 6.65. The number of nitrogens with one attached hydrogen (secondary N) is 2. The van der Waals surface area contributed by atoms with Gasteiger partial charge in [-0.05, 0) is 57.3 Å². The summed E-state index contributed by atoms with van der Waals surface area (Å²) in [5.41, 5.74) is 5.59. The van der Waals surface area contributed by atoms with E-state index in [9.17, 15) is 5.26 Å². The second kappa shape index (κ2) is 11.6. The monoisotopic (exact) mass is 587 g/mol. The van der Waals surface area contributed by atoms with Gasteiger partial charge in [0.15, 0.2) is 0 Å². The number of fused-ring (bicyclic) bond motifs is 12. The lowest BCUT2D eigenvalue weighted by Crippen LogP contribution is -1.85. The van der Waals surface area contributed by atoms with Crippen LogP contribution in [-0.4, -0.2) is 9.97 Å². The largest absolute Gasteiger partial charge is 0.355 e. The molecule has 216 valence electrons. The van der Waals surface area contributed by atoms with Gasteiger partial charge in [-0.15, -0.1) is 0 Å². The Hall–Kier alpha value is -6.37. The molecule has 2 N–H and O–H groups in total. The molecule has 2 heterocycles. The van der Waals surface area contributed by atoms with Crippen LogP contribution < -0.4 is 0 Å². The molecule has 0 saturated heterocycles. The summed E-state index contributed by atoms with van der Waals surface area (Å²) in [6, 6.07) is 58.5. The van der Waals surface area contributed by atoms with Crippen LogP contribution in [0, 0.1) is 11.3 Å². The Bertz CT molecular complexity index is 2470. The molecule has 3 nitrogen and oxygen atoms in total. The Balaban J connectivity index is 0.000000106. The first-order valence-electron chi connectivity index (χ1n) is 15.4. The van der Waals surface area contributed by atoms with Gasteiger partial charge in [-0.1, -0.05) is 133 Å². The lowest BCUT2D eigenvalue weighted by atomic mass is 9.92. The zero-order chi connectivity index (χ0) is 30.9. The van der Waals surface area contributed by atoms with Crippen molar-refractivity contribution in [3.63, 3.8) is 0 Å². The van der Waals surface area contributed by atoms with Crippen LogP contribution in [0.1, 0.15) is 5.56 Å². The van der Waals surface area contributed by atoms with Crippen LogP contribution in [0.4, 0.5) is 0 Å². The third-order valence-electron chi connectivity index (χ3n) is 8.72. The van der Waals surface area contributed by atoms with Crippen LogP contribution in [0.15, 0.2) is 164 Å². The molecule has 0 spiro atoms. The van der Waals surface area contributed by atoms with E-state index in [4.69, 9.17) is 0 Å². The van der Waals surface area contributed by atoms with Crippen molar-refractivity contribution in [1.29, 1.82) is 5.26 Å². The molecule has 0 amide bonds. The maximum Gasteiger partial charge on any atom is 0.0998 e. The number of aromatic amines is 2. The second-order valence-electron chi connectivity index (χ2n) is 11.4. The second-order valence-corrected chi connectivity index (χ2v) is 11.4. The summed E-state index contributed by atoms with van der Waals surface area (Å²) in [5, 5.41) is 21.6. The van der Waals surface area contributed by atoms with Gasteiger partial charge in [-0.3, -0.25) is 0 Å². The first kappa shape index (κ1) is 27.2. The highest BCUT2D eigenvalue weighted by atomic mass is 14.7. The number of hydrogen-bond donors (Lipinski definition) is 2. The normalized spacial score (nSPS) is 11.0. The number of para-hydroxylation sites is 4. The van der Waals surface area contributed by atoms with Crippen molar-refractivity contribution in [2.24, 2.45) is 0 Å². The van der Waals surface area contributed by atoms with Gasteiger partial charge in [-0.25, -0.2) is 0 Å². The molecule has 0 saturated carbocycles. The maximum atomic E-state index is 9.42. The molecule has 0 aliphatic carbocycles. The number of aromatic nitrogens is 2. The molecule has 0 aliphatic rings. The Kier molecular flexibility index (Phi) is 6.87. The zero-order valence-corrected chi connectivity index (χ0v) is 25.0. The average Bonchev–Trinajstić information content (AvgIpc) is 3.71. The van der Waals surface area contributed by atoms with E-state index in [2.05, 4.69) is 162 Å². The van der Waals surface area contributed by atoms with Gasteiger partial charge in [0.1, 0.15) is 0 Å². The van der Waals surface area contributed by atoms with Crippen molar-refractivity contribution in [3.8, 4) is 6.07 Å². The summed E-state index contributed by atoms with van der Waals surface area (Å²) < 4.78 is 0. The predicted octanol–water partition coefficient (Wildman–Crippen LogP) is 11.7. The van der Waals surface area contributed by atoms with Crippen molar-refractivity contribution in [2.45, 2.75) is 0 Å². The topological polar surface area (TPSA) is 55.4 Å². The van der Waals surface area contributed by atoms with Gasteiger partial charge in [0.05, 0.1) is 11.6 Å². The zero-order valence-electron chi connectivity index (χ0n) is 25.0. The Morgan fingerprint density at radius 1 is 0.304 bits per heavy atom. The van der Waals surface area contributed by atoms with Gasteiger partial charge >= 0.3 is 0 Å². The number of nitrogens with zero attached hydrogens (tertiary/aromatic N) is 1. The van der Waals surface area contributed by atoms with Gasteiger partial charge in [0, 0.05) is 49.0 Å². The smallest absolute Gasteiger partial charge is 0.0998 e. The molecule has 0 unspecified atom stereocenters. The molecule has 0 bridgehead atoms. The molecule has 8 aromatic carbocycles. The first-order valence-corrected chi connectivity index (χ1v) is 15.4. The van der Waals surface area contributed by atoms with Gasteiger partial charge < -0.3 is 9.97 Å². The molecule has 3 heteroatoms. The van der Waals surface area contributed by atoms with Crippen molar-refractivity contribution in [2.75, 3.05) is 0 Å². The van der Waals surface area contributed by atoms with E-state index in [0.29, 0.717) is 0 Å². The van der Waals surface area contributed by atoms with Crippen LogP contribution in [0.2, 0.25) is 0 Å². The van der Waals surface area contributed by atoms with Crippen molar-refractivity contribution in [1.82, 2.24) is 9.97 Å². The number of hydrogen-bond acceptors (Lipinski definition) is 1. The summed E-state index contributed by atoms with van der Waals surface area (Å²) in [6.45, 7) is 0.